The first-order valence-corrected chi connectivity index (χ1v) is 5.89. The molecule has 0 spiro atoms. The van der Waals surface area contributed by atoms with E-state index in [-0.39, 0.29) is 0 Å². The molecule has 0 aromatic heterocycles. The van der Waals surface area contributed by atoms with E-state index in [4.69, 9.17) is 0 Å². The number of rotatable bonds is 1. The molecule has 0 radical (unpaired) electrons. The topological polar surface area (TPSA) is 12.0 Å². The Morgan fingerprint density at radius 1 is 1.67 bits per heavy atom. The Kier molecular flexibility index (Phi) is 3.03. The molecule has 0 aliphatic carbocycles. The van der Waals surface area contributed by atoms with Crippen LogP contribution >= 0.6 is 0 Å². The SMILES string of the molecule is CC[C@@H]1NCC[Se][C@H]1C. The summed E-state index contributed by atoms with van der Waals surface area (Å²) >= 11 is 0.923. The Morgan fingerprint density at radius 3 is 2.89 bits per heavy atom. The average molecular weight is 192 g/mol. The van der Waals surface area contributed by atoms with Crippen LogP contribution in [0.15, 0.2) is 0 Å². The van der Waals surface area contributed by atoms with Crippen LogP contribution in [0.4, 0.5) is 0 Å². The molecule has 0 aromatic carbocycles. The molecule has 2 heteroatoms. The predicted molar refractivity (Wildman–Crippen MR) is 42.1 cm³/mol. The molecule has 1 nitrogen and oxygen atoms in total. The van der Waals surface area contributed by atoms with Gasteiger partial charge in [0.15, 0.2) is 0 Å². The van der Waals surface area contributed by atoms with Crippen LogP contribution in [0.3, 0.4) is 0 Å². The zero-order valence-corrected chi connectivity index (χ0v) is 7.90. The van der Waals surface area contributed by atoms with Crippen molar-refractivity contribution in [2.75, 3.05) is 6.54 Å². The first-order valence-electron chi connectivity index (χ1n) is 3.69. The molecular weight excluding hydrogens is 177 g/mol. The summed E-state index contributed by atoms with van der Waals surface area (Å²) in [7, 11) is 0. The van der Waals surface area contributed by atoms with Gasteiger partial charge in [-0.2, -0.15) is 0 Å². The van der Waals surface area contributed by atoms with Crippen LogP contribution < -0.4 is 5.32 Å². The molecule has 0 bridgehead atoms. The van der Waals surface area contributed by atoms with Gasteiger partial charge in [0, 0.05) is 0 Å². The van der Waals surface area contributed by atoms with Crippen molar-refractivity contribution in [1.29, 1.82) is 0 Å². The third-order valence-electron chi connectivity index (χ3n) is 1.90. The Labute approximate surface area is 63.8 Å². The molecule has 0 saturated carbocycles. The van der Waals surface area contributed by atoms with Crippen LogP contribution in [0.5, 0.6) is 0 Å². The number of hydrogen-bond acceptors (Lipinski definition) is 1. The van der Waals surface area contributed by atoms with E-state index >= 15 is 0 Å². The van der Waals surface area contributed by atoms with Crippen molar-refractivity contribution in [3.8, 4) is 0 Å². The quantitative estimate of drug-likeness (QED) is 0.617. The van der Waals surface area contributed by atoms with E-state index < -0.39 is 0 Å². The van der Waals surface area contributed by atoms with Gasteiger partial charge < -0.3 is 0 Å². The van der Waals surface area contributed by atoms with Gasteiger partial charge in [-0.15, -0.1) is 0 Å². The minimum absolute atomic E-state index is 0.832. The second-order valence-corrected chi connectivity index (χ2v) is 5.66. The zero-order valence-electron chi connectivity index (χ0n) is 6.18. The van der Waals surface area contributed by atoms with Gasteiger partial charge in [-0.25, -0.2) is 0 Å². The zero-order chi connectivity index (χ0) is 6.69. The van der Waals surface area contributed by atoms with E-state index in [0.29, 0.717) is 0 Å². The van der Waals surface area contributed by atoms with Crippen LogP contribution in [0, 0.1) is 0 Å². The van der Waals surface area contributed by atoms with Crippen molar-refractivity contribution >= 4 is 15.0 Å². The van der Waals surface area contributed by atoms with E-state index in [2.05, 4.69) is 19.2 Å². The van der Waals surface area contributed by atoms with Crippen molar-refractivity contribution in [3.05, 3.63) is 0 Å². The van der Waals surface area contributed by atoms with Crippen LogP contribution in [0.2, 0.25) is 10.1 Å². The molecule has 1 saturated heterocycles. The summed E-state index contributed by atoms with van der Waals surface area (Å²) in [6, 6.07) is 0.832. The van der Waals surface area contributed by atoms with Gasteiger partial charge in [-0.05, 0) is 0 Å². The predicted octanol–water partition coefficient (Wildman–Crippen LogP) is 1.30. The van der Waals surface area contributed by atoms with Crippen molar-refractivity contribution in [2.45, 2.75) is 36.4 Å². The second kappa shape index (κ2) is 3.60. The first kappa shape index (κ1) is 7.58. The fourth-order valence-electron chi connectivity index (χ4n) is 1.25. The van der Waals surface area contributed by atoms with Gasteiger partial charge in [0.05, 0.1) is 0 Å². The summed E-state index contributed by atoms with van der Waals surface area (Å²) in [6.07, 6.45) is 1.31. The summed E-state index contributed by atoms with van der Waals surface area (Å²) in [5.41, 5.74) is 0. The van der Waals surface area contributed by atoms with Gasteiger partial charge in [0.1, 0.15) is 0 Å². The van der Waals surface area contributed by atoms with Gasteiger partial charge in [0.25, 0.3) is 0 Å². The van der Waals surface area contributed by atoms with Crippen molar-refractivity contribution in [3.63, 3.8) is 0 Å². The van der Waals surface area contributed by atoms with Gasteiger partial charge >= 0.3 is 63.3 Å². The van der Waals surface area contributed by atoms with Crippen LogP contribution in [-0.4, -0.2) is 27.5 Å². The Hall–Kier alpha value is 0.479. The van der Waals surface area contributed by atoms with Gasteiger partial charge in [0.2, 0.25) is 0 Å². The molecule has 9 heavy (non-hydrogen) atoms. The first-order chi connectivity index (χ1) is 4.34. The van der Waals surface area contributed by atoms with Gasteiger partial charge in [-0.3, -0.25) is 0 Å². The van der Waals surface area contributed by atoms with E-state index in [1.54, 1.807) is 0 Å². The molecule has 1 aliphatic rings. The molecule has 1 fully saturated rings. The van der Waals surface area contributed by atoms with Crippen molar-refractivity contribution in [2.24, 2.45) is 0 Å². The summed E-state index contributed by atoms with van der Waals surface area (Å²) in [5.74, 6) is 0. The maximum atomic E-state index is 3.53. The third-order valence-corrected chi connectivity index (χ3v) is 4.61. The molecule has 1 N–H and O–H groups in total. The summed E-state index contributed by atoms with van der Waals surface area (Å²) in [6.45, 7) is 5.92. The van der Waals surface area contributed by atoms with Crippen LogP contribution in [0.25, 0.3) is 0 Å². The van der Waals surface area contributed by atoms with E-state index in [1.807, 2.05) is 0 Å². The number of hydrogen-bond donors (Lipinski definition) is 1. The molecule has 0 aromatic rings. The van der Waals surface area contributed by atoms with Crippen LogP contribution in [-0.2, 0) is 0 Å². The molecular formula is C7H15NSe. The Morgan fingerprint density at radius 2 is 2.44 bits per heavy atom. The standard InChI is InChI=1S/C7H15NSe/c1-3-7-6(2)9-5-4-8-7/h6-8H,3-5H2,1-2H3/t6-,7-/m0/s1. The Balaban J connectivity index is 2.30. The molecule has 2 atom stereocenters. The maximum absolute atomic E-state index is 3.53. The molecule has 54 valence electrons. The van der Waals surface area contributed by atoms with Gasteiger partial charge in [-0.1, -0.05) is 0 Å². The molecule has 1 aliphatic heterocycles. The van der Waals surface area contributed by atoms with E-state index in [9.17, 15) is 0 Å². The van der Waals surface area contributed by atoms with Crippen molar-refractivity contribution in [1.82, 2.24) is 5.32 Å². The van der Waals surface area contributed by atoms with Crippen LogP contribution in [0.1, 0.15) is 20.3 Å². The second-order valence-electron chi connectivity index (χ2n) is 2.54. The molecule has 0 amide bonds. The number of nitrogens with one attached hydrogen (secondary N) is 1. The molecule has 1 heterocycles. The minimum atomic E-state index is 0.832. The summed E-state index contributed by atoms with van der Waals surface area (Å²) in [5, 5.41) is 4.97. The van der Waals surface area contributed by atoms with Crippen molar-refractivity contribution < 1.29 is 0 Å². The van der Waals surface area contributed by atoms with E-state index in [0.717, 1.165) is 25.8 Å². The normalized spacial score (nSPS) is 36.7. The summed E-state index contributed by atoms with van der Waals surface area (Å²) in [4.78, 5) is 0.969. The van der Waals surface area contributed by atoms with E-state index in [1.165, 1.54) is 18.3 Å². The third kappa shape index (κ3) is 1.96. The average Bonchev–Trinajstić information content (AvgIpc) is 1.89. The molecule has 0 unspecified atom stereocenters. The fourth-order valence-corrected chi connectivity index (χ4v) is 3.62. The Bertz CT molecular complexity index is 85.0. The monoisotopic (exact) mass is 193 g/mol. The molecule has 1 rings (SSSR count). The fraction of sp³-hybridized carbons (Fsp3) is 1.00. The summed E-state index contributed by atoms with van der Waals surface area (Å²) < 4.78 is 0.